The highest BCUT2D eigenvalue weighted by Gasteiger charge is 2.39. The lowest BCUT2D eigenvalue weighted by molar-refractivity contribution is -0.145. The van der Waals surface area contributed by atoms with Crippen molar-refractivity contribution in [2.75, 3.05) is 13.2 Å². The molecule has 0 spiro atoms. The molecule has 1 saturated carbocycles. The van der Waals surface area contributed by atoms with Crippen molar-refractivity contribution in [3.8, 4) is 5.75 Å². The molecule has 0 heterocycles. The van der Waals surface area contributed by atoms with Gasteiger partial charge in [0.25, 0.3) is 0 Å². The minimum absolute atomic E-state index is 0.0129. The van der Waals surface area contributed by atoms with Gasteiger partial charge in [0.2, 0.25) is 0 Å². The van der Waals surface area contributed by atoms with Crippen LogP contribution in [0.25, 0.3) is 0 Å². The van der Waals surface area contributed by atoms with Gasteiger partial charge in [-0.2, -0.15) is 0 Å². The molecule has 0 saturated heterocycles. The second-order valence-electron chi connectivity index (χ2n) is 8.71. The smallest absolute Gasteiger partial charge is 0.344 e. The predicted molar refractivity (Wildman–Crippen MR) is 114 cm³/mol. The van der Waals surface area contributed by atoms with Gasteiger partial charge in [0.15, 0.2) is 6.61 Å². The third-order valence-electron chi connectivity index (χ3n) is 6.85. The van der Waals surface area contributed by atoms with Crippen LogP contribution in [0, 0.1) is 17.8 Å². The van der Waals surface area contributed by atoms with Gasteiger partial charge in [-0.3, -0.25) is 0 Å². The molecule has 156 valence electrons. The normalized spacial score (nSPS) is 23.1. The number of unbranched alkanes of at least 4 members (excludes halogenated alkanes) is 5. The van der Waals surface area contributed by atoms with Gasteiger partial charge in [0.1, 0.15) is 5.75 Å². The number of rotatable bonds is 11. The number of fused-ring (bicyclic) bond motifs is 2. The van der Waals surface area contributed by atoms with Crippen LogP contribution in [0.2, 0.25) is 0 Å². The van der Waals surface area contributed by atoms with E-state index in [1.807, 2.05) is 13.0 Å². The highest BCUT2D eigenvalue weighted by Crippen LogP contribution is 2.48. The van der Waals surface area contributed by atoms with Crippen LogP contribution in [0.4, 0.5) is 0 Å². The van der Waals surface area contributed by atoms with Crippen molar-refractivity contribution in [1.29, 1.82) is 0 Å². The van der Waals surface area contributed by atoms with E-state index in [1.54, 1.807) is 0 Å². The largest absolute Gasteiger partial charge is 0.482 e. The number of hydrogen-bond acceptors (Lipinski definition) is 3. The Morgan fingerprint density at radius 2 is 1.86 bits per heavy atom. The highest BCUT2D eigenvalue weighted by atomic mass is 16.6. The van der Waals surface area contributed by atoms with Crippen molar-refractivity contribution in [2.24, 2.45) is 17.8 Å². The first-order chi connectivity index (χ1) is 13.7. The molecule has 2 aliphatic rings. The Hall–Kier alpha value is -1.51. The van der Waals surface area contributed by atoms with E-state index in [2.05, 4.69) is 19.1 Å². The molecule has 0 aromatic heterocycles. The third kappa shape index (κ3) is 5.52. The Balaban J connectivity index is 1.53. The molecule has 3 rings (SSSR count). The molecule has 2 aliphatic carbocycles. The molecule has 0 amide bonds. The van der Waals surface area contributed by atoms with Gasteiger partial charge in [-0.05, 0) is 67.6 Å². The number of ether oxygens (including phenoxy) is 2. The summed E-state index contributed by atoms with van der Waals surface area (Å²) < 4.78 is 10.8. The van der Waals surface area contributed by atoms with Crippen molar-refractivity contribution in [1.82, 2.24) is 0 Å². The number of hydrogen-bond donors (Lipinski definition) is 0. The van der Waals surface area contributed by atoms with Gasteiger partial charge >= 0.3 is 5.97 Å². The van der Waals surface area contributed by atoms with Gasteiger partial charge in [-0.15, -0.1) is 0 Å². The van der Waals surface area contributed by atoms with E-state index >= 15 is 0 Å². The van der Waals surface area contributed by atoms with Crippen molar-refractivity contribution in [3.63, 3.8) is 0 Å². The first kappa shape index (κ1) is 21.2. The van der Waals surface area contributed by atoms with Gasteiger partial charge < -0.3 is 9.47 Å². The maximum absolute atomic E-state index is 11.6. The zero-order valence-electron chi connectivity index (χ0n) is 17.9. The average molecular weight is 387 g/mol. The average Bonchev–Trinajstić information content (AvgIpc) is 3.09. The maximum atomic E-state index is 11.6. The molecular formula is C25H38O3. The number of benzene rings is 1. The second kappa shape index (κ2) is 10.9. The summed E-state index contributed by atoms with van der Waals surface area (Å²) in [6.45, 7) is 4.52. The zero-order valence-corrected chi connectivity index (χ0v) is 17.9. The molecule has 0 N–H and O–H groups in total. The van der Waals surface area contributed by atoms with E-state index in [-0.39, 0.29) is 12.6 Å². The minimum atomic E-state index is -0.284. The lowest BCUT2D eigenvalue weighted by atomic mass is 9.73. The number of carbonyl (C=O) groups is 1. The van der Waals surface area contributed by atoms with Crippen molar-refractivity contribution in [2.45, 2.75) is 84.5 Å². The summed E-state index contributed by atoms with van der Waals surface area (Å²) in [7, 11) is 0. The molecule has 3 atom stereocenters. The number of esters is 1. The van der Waals surface area contributed by atoms with Gasteiger partial charge in [-0.1, -0.05) is 64.0 Å². The summed E-state index contributed by atoms with van der Waals surface area (Å²) in [5.74, 6) is 3.17. The first-order valence-corrected chi connectivity index (χ1v) is 11.6. The van der Waals surface area contributed by atoms with Gasteiger partial charge in [-0.25, -0.2) is 4.79 Å². The van der Waals surface area contributed by atoms with E-state index in [9.17, 15) is 4.79 Å². The molecular weight excluding hydrogens is 348 g/mol. The topological polar surface area (TPSA) is 35.5 Å². The molecule has 0 aliphatic heterocycles. The summed E-state index contributed by atoms with van der Waals surface area (Å²) in [5, 5.41) is 0. The van der Waals surface area contributed by atoms with Gasteiger partial charge in [0.05, 0.1) is 6.61 Å². The quantitative estimate of drug-likeness (QED) is 0.339. The van der Waals surface area contributed by atoms with Crippen molar-refractivity contribution < 1.29 is 14.3 Å². The Labute approximate surface area is 171 Å². The van der Waals surface area contributed by atoms with E-state index in [4.69, 9.17) is 9.47 Å². The summed E-state index contributed by atoms with van der Waals surface area (Å²) in [6.07, 6.45) is 14.9. The third-order valence-corrected chi connectivity index (χ3v) is 6.85. The summed E-state index contributed by atoms with van der Waals surface area (Å²) in [5.41, 5.74) is 2.78. The van der Waals surface area contributed by atoms with Gasteiger partial charge in [0, 0.05) is 0 Å². The van der Waals surface area contributed by atoms with E-state index in [0.717, 1.165) is 29.9 Å². The van der Waals surface area contributed by atoms with Crippen LogP contribution < -0.4 is 4.74 Å². The Morgan fingerprint density at radius 1 is 1.04 bits per heavy atom. The fourth-order valence-electron chi connectivity index (χ4n) is 5.40. The van der Waals surface area contributed by atoms with Crippen LogP contribution in [0.1, 0.15) is 82.8 Å². The van der Waals surface area contributed by atoms with Crippen molar-refractivity contribution >= 4 is 5.97 Å². The molecule has 3 nitrogen and oxygen atoms in total. The molecule has 0 radical (unpaired) electrons. The molecule has 1 unspecified atom stereocenters. The SMILES string of the molecule is CCCCCCCCC1CC[C@@H]2Cc3c(cccc3OCC(=O)OCC)C[C@H]12. The fourth-order valence-corrected chi connectivity index (χ4v) is 5.40. The monoisotopic (exact) mass is 386 g/mol. The standard InChI is InChI=1S/C25H38O3/c1-3-5-6-7-8-9-11-19-14-15-21-17-23-20(16-22(19)21)12-10-13-24(23)28-18-25(26)27-4-2/h10,12-13,19,21-22H,3-9,11,14-18H2,1-2H3/t19?,21-,22-/m1/s1. The van der Waals surface area contributed by atoms with E-state index in [1.165, 1.54) is 75.3 Å². The Bertz CT molecular complexity index is 624. The minimum Gasteiger partial charge on any atom is -0.482 e. The predicted octanol–water partition coefficient (Wildman–Crippen LogP) is 6.12. The highest BCUT2D eigenvalue weighted by molar-refractivity contribution is 5.71. The summed E-state index contributed by atoms with van der Waals surface area (Å²) in [4.78, 5) is 11.6. The first-order valence-electron chi connectivity index (χ1n) is 11.6. The summed E-state index contributed by atoms with van der Waals surface area (Å²) in [6, 6.07) is 6.36. The molecule has 28 heavy (non-hydrogen) atoms. The molecule has 1 fully saturated rings. The lowest BCUT2D eigenvalue weighted by Crippen LogP contribution is -2.26. The molecule has 3 heteroatoms. The fraction of sp³-hybridized carbons (Fsp3) is 0.720. The molecule has 0 bridgehead atoms. The molecule has 1 aromatic rings. The maximum Gasteiger partial charge on any atom is 0.344 e. The van der Waals surface area contributed by atoms with Crippen LogP contribution in [0.3, 0.4) is 0 Å². The van der Waals surface area contributed by atoms with Crippen LogP contribution in [-0.4, -0.2) is 19.2 Å². The van der Waals surface area contributed by atoms with Crippen LogP contribution in [0.15, 0.2) is 18.2 Å². The second-order valence-corrected chi connectivity index (χ2v) is 8.71. The molecule has 1 aromatic carbocycles. The van der Waals surface area contributed by atoms with Crippen LogP contribution in [0.5, 0.6) is 5.75 Å². The van der Waals surface area contributed by atoms with Crippen LogP contribution >= 0.6 is 0 Å². The Morgan fingerprint density at radius 3 is 2.68 bits per heavy atom. The van der Waals surface area contributed by atoms with E-state index < -0.39 is 0 Å². The lowest BCUT2D eigenvalue weighted by Gasteiger charge is -2.32. The number of carbonyl (C=O) groups excluding carboxylic acids is 1. The zero-order chi connectivity index (χ0) is 19.8. The summed E-state index contributed by atoms with van der Waals surface area (Å²) >= 11 is 0. The van der Waals surface area contributed by atoms with E-state index in [0.29, 0.717) is 6.61 Å². The van der Waals surface area contributed by atoms with Crippen molar-refractivity contribution in [3.05, 3.63) is 29.3 Å². The van der Waals surface area contributed by atoms with Crippen LogP contribution in [-0.2, 0) is 22.4 Å². The Kier molecular flexibility index (Phi) is 8.24.